The first-order valence-corrected chi connectivity index (χ1v) is 6.72. The molecule has 0 atom stereocenters. The summed E-state index contributed by atoms with van der Waals surface area (Å²) in [6.45, 7) is 4.00. The fourth-order valence-electron chi connectivity index (χ4n) is 2.31. The van der Waals surface area contributed by atoms with Gasteiger partial charge in [-0.25, -0.2) is 14.6 Å². The minimum Gasteiger partial charge on any atom is -0.478 e. The quantitative estimate of drug-likeness (QED) is 0.903. The molecule has 0 aliphatic rings. The van der Waals surface area contributed by atoms with Crippen LogP contribution in [0.5, 0.6) is 0 Å². The van der Waals surface area contributed by atoms with E-state index in [0.29, 0.717) is 12.1 Å². The van der Waals surface area contributed by atoms with Crippen molar-refractivity contribution in [2.45, 2.75) is 33.2 Å². The number of carboxylic acids is 1. The van der Waals surface area contributed by atoms with Crippen LogP contribution < -0.4 is 11.2 Å². The van der Waals surface area contributed by atoms with E-state index >= 15 is 0 Å². The van der Waals surface area contributed by atoms with Crippen molar-refractivity contribution in [3.05, 3.63) is 38.2 Å². The van der Waals surface area contributed by atoms with Crippen molar-refractivity contribution in [3.63, 3.8) is 0 Å². The highest BCUT2D eigenvalue weighted by Gasteiger charge is 2.18. The SMILES string of the molecule is CCCCn1c(=O)n(C)c(=O)c2c(C)c(C(=O)O)cnc21. The number of fused-ring (bicyclic) bond motifs is 1. The maximum Gasteiger partial charge on any atom is 0.337 e. The number of aryl methyl sites for hydroxylation is 2. The molecule has 0 spiro atoms. The third-order valence-corrected chi connectivity index (χ3v) is 3.58. The van der Waals surface area contributed by atoms with Crippen molar-refractivity contribution in [1.82, 2.24) is 14.1 Å². The van der Waals surface area contributed by atoms with E-state index in [1.165, 1.54) is 17.8 Å². The maximum atomic E-state index is 12.3. The second-order valence-electron chi connectivity index (χ2n) is 4.95. The molecule has 0 saturated carbocycles. The zero-order valence-electron chi connectivity index (χ0n) is 12.2. The molecule has 7 nitrogen and oxygen atoms in total. The fraction of sp³-hybridized carbons (Fsp3) is 0.429. The third-order valence-electron chi connectivity index (χ3n) is 3.58. The molecule has 0 aliphatic carbocycles. The smallest absolute Gasteiger partial charge is 0.337 e. The van der Waals surface area contributed by atoms with Gasteiger partial charge in [0.2, 0.25) is 0 Å². The standard InChI is InChI=1S/C14H17N3O4/c1-4-5-6-17-11-10(12(18)16(3)14(17)21)8(2)9(7-15-11)13(19)20/h7H,4-6H2,1-3H3,(H,19,20). The summed E-state index contributed by atoms with van der Waals surface area (Å²) in [5.41, 5.74) is -0.399. The van der Waals surface area contributed by atoms with Crippen LogP contribution in [0.4, 0.5) is 0 Å². The number of hydrogen-bond donors (Lipinski definition) is 1. The first-order chi connectivity index (χ1) is 9.90. The van der Waals surface area contributed by atoms with Crippen LogP contribution in [0.15, 0.2) is 15.8 Å². The Morgan fingerprint density at radius 3 is 2.62 bits per heavy atom. The summed E-state index contributed by atoms with van der Waals surface area (Å²) in [6, 6.07) is 0. The average molecular weight is 291 g/mol. The Labute approximate surface area is 120 Å². The van der Waals surface area contributed by atoms with E-state index in [4.69, 9.17) is 5.11 Å². The number of nitrogens with zero attached hydrogens (tertiary/aromatic N) is 3. The summed E-state index contributed by atoms with van der Waals surface area (Å²) in [4.78, 5) is 39.7. The zero-order chi connectivity index (χ0) is 15.7. The molecular weight excluding hydrogens is 274 g/mol. The van der Waals surface area contributed by atoms with Gasteiger partial charge in [0.1, 0.15) is 5.65 Å². The number of aromatic carboxylic acids is 1. The van der Waals surface area contributed by atoms with E-state index < -0.39 is 17.2 Å². The van der Waals surface area contributed by atoms with Gasteiger partial charge in [-0.15, -0.1) is 0 Å². The summed E-state index contributed by atoms with van der Waals surface area (Å²) in [7, 11) is 1.39. The molecule has 21 heavy (non-hydrogen) atoms. The van der Waals surface area contributed by atoms with E-state index in [9.17, 15) is 14.4 Å². The fourth-order valence-corrected chi connectivity index (χ4v) is 2.31. The van der Waals surface area contributed by atoms with Gasteiger partial charge in [0.15, 0.2) is 0 Å². The molecule has 2 aromatic heterocycles. The van der Waals surface area contributed by atoms with E-state index in [0.717, 1.165) is 17.4 Å². The molecular formula is C14H17N3O4. The topological polar surface area (TPSA) is 94.2 Å². The second-order valence-corrected chi connectivity index (χ2v) is 4.95. The predicted octanol–water partition coefficient (Wildman–Crippen LogP) is 0.902. The van der Waals surface area contributed by atoms with Gasteiger partial charge >= 0.3 is 11.7 Å². The number of rotatable bonds is 4. The monoisotopic (exact) mass is 291 g/mol. The van der Waals surface area contributed by atoms with E-state index in [2.05, 4.69) is 4.98 Å². The number of hydrogen-bond acceptors (Lipinski definition) is 4. The Kier molecular flexibility index (Phi) is 3.93. The zero-order valence-corrected chi connectivity index (χ0v) is 12.2. The van der Waals surface area contributed by atoms with Crippen molar-refractivity contribution in [1.29, 1.82) is 0 Å². The molecule has 2 aromatic rings. The number of carboxylic acid groups (broad SMARTS) is 1. The number of unbranched alkanes of at least 4 members (excludes halogenated alkanes) is 1. The molecule has 0 fully saturated rings. The Morgan fingerprint density at radius 2 is 2.05 bits per heavy atom. The number of carbonyl (C=O) groups is 1. The highest BCUT2D eigenvalue weighted by molar-refractivity contribution is 5.94. The van der Waals surface area contributed by atoms with Gasteiger partial charge < -0.3 is 5.11 Å². The first-order valence-electron chi connectivity index (χ1n) is 6.72. The van der Waals surface area contributed by atoms with Crippen LogP contribution in [0.2, 0.25) is 0 Å². The first kappa shape index (κ1) is 15.0. The Morgan fingerprint density at radius 1 is 1.38 bits per heavy atom. The van der Waals surface area contributed by atoms with Crippen molar-refractivity contribution in [2.75, 3.05) is 0 Å². The summed E-state index contributed by atoms with van der Waals surface area (Å²) in [5.74, 6) is -1.14. The molecule has 0 amide bonds. The van der Waals surface area contributed by atoms with Crippen molar-refractivity contribution >= 4 is 17.0 Å². The average Bonchev–Trinajstić information content (AvgIpc) is 2.44. The van der Waals surface area contributed by atoms with Crippen LogP contribution in [-0.4, -0.2) is 25.2 Å². The normalized spacial score (nSPS) is 11.0. The lowest BCUT2D eigenvalue weighted by molar-refractivity contribution is 0.0696. The number of aromatic nitrogens is 3. The molecule has 2 heterocycles. The van der Waals surface area contributed by atoms with Crippen molar-refractivity contribution in [2.24, 2.45) is 7.05 Å². The van der Waals surface area contributed by atoms with Crippen LogP contribution in [0, 0.1) is 6.92 Å². The minimum absolute atomic E-state index is 0.0275. The summed E-state index contributed by atoms with van der Waals surface area (Å²) >= 11 is 0. The Balaban J connectivity index is 2.94. The molecule has 7 heteroatoms. The largest absolute Gasteiger partial charge is 0.478 e. The van der Waals surface area contributed by atoms with Crippen molar-refractivity contribution in [3.8, 4) is 0 Å². The molecule has 0 aliphatic heterocycles. The molecule has 112 valence electrons. The van der Waals surface area contributed by atoms with E-state index in [-0.39, 0.29) is 16.6 Å². The van der Waals surface area contributed by atoms with Gasteiger partial charge in [-0.3, -0.25) is 13.9 Å². The molecule has 1 N–H and O–H groups in total. The highest BCUT2D eigenvalue weighted by Crippen LogP contribution is 2.15. The van der Waals surface area contributed by atoms with Crippen LogP contribution >= 0.6 is 0 Å². The molecule has 2 rings (SSSR count). The van der Waals surface area contributed by atoms with Gasteiger partial charge in [-0.05, 0) is 18.9 Å². The highest BCUT2D eigenvalue weighted by atomic mass is 16.4. The summed E-state index contributed by atoms with van der Waals surface area (Å²) < 4.78 is 2.43. The Bertz CT molecular complexity index is 833. The lowest BCUT2D eigenvalue weighted by atomic mass is 10.1. The summed E-state index contributed by atoms with van der Waals surface area (Å²) in [5, 5.41) is 9.32. The lowest BCUT2D eigenvalue weighted by Gasteiger charge is -2.13. The Hall–Kier alpha value is -2.44. The predicted molar refractivity (Wildman–Crippen MR) is 77.8 cm³/mol. The van der Waals surface area contributed by atoms with Gasteiger partial charge in [0.25, 0.3) is 5.56 Å². The van der Waals surface area contributed by atoms with Crippen molar-refractivity contribution < 1.29 is 9.90 Å². The molecule has 0 unspecified atom stereocenters. The van der Waals surface area contributed by atoms with Gasteiger partial charge in [-0.2, -0.15) is 0 Å². The van der Waals surface area contributed by atoms with Gasteiger partial charge in [0, 0.05) is 19.8 Å². The van der Waals surface area contributed by atoms with Gasteiger partial charge in [-0.1, -0.05) is 13.3 Å². The minimum atomic E-state index is -1.14. The second kappa shape index (κ2) is 5.51. The third kappa shape index (κ3) is 2.35. The van der Waals surface area contributed by atoms with E-state index in [1.807, 2.05) is 6.92 Å². The molecule has 0 bridgehead atoms. The summed E-state index contributed by atoms with van der Waals surface area (Å²) in [6.07, 6.45) is 2.86. The maximum absolute atomic E-state index is 12.3. The molecule has 0 saturated heterocycles. The van der Waals surface area contributed by atoms with Crippen LogP contribution in [0.3, 0.4) is 0 Å². The van der Waals surface area contributed by atoms with Crippen LogP contribution in [0.25, 0.3) is 11.0 Å². The van der Waals surface area contributed by atoms with E-state index in [1.54, 1.807) is 6.92 Å². The lowest BCUT2D eigenvalue weighted by Crippen LogP contribution is -2.39. The van der Waals surface area contributed by atoms with Gasteiger partial charge in [0.05, 0.1) is 10.9 Å². The van der Waals surface area contributed by atoms with Crippen LogP contribution in [-0.2, 0) is 13.6 Å². The number of pyridine rings is 1. The molecule has 0 aromatic carbocycles. The molecule has 0 radical (unpaired) electrons. The van der Waals surface area contributed by atoms with Crippen LogP contribution in [0.1, 0.15) is 35.7 Å².